The SMILES string of the molecule is O=C1c2cc(-c3nnc(C(F)F)o3)cc(F)c2CN1C[C@@H]1CC(F)(F)CN1SC1CC1. The quantitative estimate of drug-likeness (QED) is 0.474. The molecule has 2 aliphatic heterocycles. The summed E-state index contributed by atoms with van der Waals surface area (Å²) >= 11 is 1.41. The van der Waals surface area contributed by atoms with Gasteiger partial charge in [0, 0.05) is 47.5 Å². The molecule has 12 heteroatoms. The van der Waals surface area contributed by atoms with Gasteiger partial charge in [0.2, 0.25) is 5.89 Å². The maximum atomic E-state index is 14.7. The maximum Gasteiger partial charge on any atom is 0.314 e. The van der Waals surface area contributed by atoms with Gasteiger partial charge in [-0.2, -0.15) is 8.78 Å². The van der Waals surface area contributed by atoms with Gasteiger partial charge >= 0.3 is 6.43 Å². The lowest BCUT2D eigenvalue weighted by molar-refractivity contribution is 0.0169. The molecule has 1 aromatic heterocycles. The first-order chi connectivity index (χ1) is 14.7. The number of rotatable bonds is 6. The van der Waals surface area contributed by atoms with Gasteiger partial charge in [-0.1, -0.05) is 11.9 Å². The number of carbonyl (C=O) groups excluding carboxylic acids is 1. The summed E-state index contributed by atoms with van der Waals surface area (Å²) in [5.41, 5.74) is 0.176. The third-order valence-corrected chi connectivity index (χ3v) is 6.97. The fraction of sp³-hybridized carbons (Fsp3) is 0.526. The minimum Gasteiger partial charge on any atom is -0.415 e. The van der Waals surface area contributed by atoms with Crippen LogP contribution in [0.2, 0.25) is 0 Å². The van der Waals surface area contributed by atoms with Crippen LogP contribution in [-0.4, -0.2) is 55.6 Å². The first-order valence-corrected chi connectivity index (χ1v) is 10.6. The molecular weight excluding hydrogens is 443 g/mol. The van der Waals surface area contributed by atoms with Crippen molar-refractivity contribution in [2.45, 2.75) is 49.4 Å². The van der Waals surface area contributed by atoms with E-state index in [1.807, 2.05) is 0 Å². The molecule has 5 rings (SSSR count). The molecule has 0 bridgehead atoms. The molecule has 2 aromatic rings. The van der Waals surface area contributed by atoms with Crippen LogP contribution in [0.15, 0.2) is 16.5 Å². The van der Waals surface area contributed by atoms with Gasteiger partial charge in [-0.05, 0) is 25.0 Å². The highest BCUT2D eigenvalue weighted by atomic mass is 32.2. The molecule has 0 N–H and O–H groups in total. The number of aromatic nitrogens is 2. The Kier molecular flexibility index (Phi) is 4.96. The van der Waals surface area contributed by atoms with Crippen LogP contribution in [0.3, 0.4) is 0 Å². The van der Waals surface area contributed by atoms with Crippen molar-refractivity contribution in [2.24, 2.45) is 0 Å². The van der Waals surface area contributed by atoms with Gasteiger partial charge in [0.1, 0.15) is 5.82 Å². The summed E-state index contributed by atoms with van der Waals surface area (Å²) in [6.45, 7) is -0.361. The number of fused-ring (bicyclic) bond motifs is 1. The highest BCUT2D eigenvalue weighted by Gasteiger charge is 2.48. The molecule has 0 radical (unpaired) electrons. The van der Waals surface area contributed by atoms with E-state index < -0.39 is 36.0 Å². The van der Waals surface area contributed by atoms with Crippen molar-refractivity contribution in [3.8, 4) is 11.5 Å². The summed E-state index contributed by atoms with van der Waals surface area (Å²) in [6.07, 6.45) is -1.35. The van der Waals surface area contributed by atoms with Crippen molar-refractivity contribution in [1.82, 2.24) is 19.4 Å². The van der Waals surface area contributed by atoms with Gasteiger partial charge in [0.25, 0.3) is 17.7 Å². The van der Waals surface area contributed by atoms with E-state index >= 15 is 0 Å². The summed E-state index contributed by atoms with van der Waals surface area (Å²) in [7, 11) is 0. The Hall–Kier alpha value is -2.21. The van der Waals surface area contributed by atoms with Crippen LogP contribution >= 0.6 is 11.9 Å². The van der Waals surface area contributed by atoms with Crippen molar-refractivity contribution in [1.29, 1.82) is 0 Å². The standard InChI is InChI=1S/C19H17F5N4O2S/c20-14-4-9(16-25-26-17(30-16)15(21)22)3-12-13(14)7-27(18(12)29)6-10-5-19(23,24)8-28(10)31-11-1-2-11/h3-4,10-11,15H,1-2,5-8H2/t10-/m0/s1. The van der Waals surface area contributed by atoms with Crippen LogP contribution in [0, 0.1) is 5.82 Å². The molecule has 3 heterocycles. The van der Waals surface area contributed by atoms with Crippen LogP contribution in [-0.2, 0) is 6.54 Å². The van der Waals surface area contributed by atoms with E-state index in [-0.39, 0.29) is 48.6 Å². The normalized spacial score (nSPS) is 23.2. The average Bonchev–Trinajstić information content (AvgIpc) is 3.14. The van der Waals surface area contributed by atoms with Crippen molar-refractivity contribution >= 4 is 17.9 Å². The molecule has 1 aromatic carbocycles. The number of hydrogen-bond acceptors (Lipinski definition) is 6. The van der Waals surface area contributed by atoms with E-state index in [1.165, 1.54) is 22.9 Å². The molecule has 1 atom stereocenters. The van der Waals surface area contributed by atoms with Crippen molar-refractivity contribution < 1.29 is 31.2 Å². The predicted octanol–water partition coefficient (Wildman–Crippen LogP) is 4.29. The molecule has 2 fully saturated rings. The molecule has 166 valence electrons. The van der Waals surface area contributed by atoms with E-state index in [0.717, 1.165) is 18.9 Å². The van der Waals surface area contributed by atoms with E-state index in [1.54, 1.807) is 4.31 Å². The van der Waals surface area contributed by atoms with E-state index in [4.69, 9.17) is 4.42 Å². The maximum absolute atomic E-state index is 14.7. The summed E-state index contributed by atoms with van der Waals surface area (Å²) in [6, 6.07) is 1.81. The van der Waals surface area contributed by atoms with Gasteiger partial charge < -0.3 is 9.32 Å². The number of benzene rings is 1. The Morgan fingerprint density at radius 1 is 1.26 bits per heavy atom. The van der Waals surface area contributed by atoms with Crippen molar-refractivity contribution in [2.75, 3.05) is 13.1 Å². The lowest BCUT2D eigenvalue weighted by Crippen LogP contribution is -2.38. The Morgan fingerprint density at radius 3 is 2.71 bits per heavy atom. The highest BCUT2D eigenvalue weighted by molar-refractivity contribution is 7.97. The van der Waals surface area contributed by atoms with Gasteiger partial charge in [-0.3, -0.25) is 4.79 Å². The van der Waals surface area contributed by atoms with E-state index in [9.17, 15) is 26.7 Å². The first kappa shape index (κ1) is 20.7. The zero-order chi connectivity index (χ0) is 21.9. The monoisotopic (exact) mass is 460 g/mol. The molecule has 3 aliphatic rings. The number of amides is 1. The summed E-state index contributed by atoms with van der Waals surface area (Å²) in [5.74, 6) is -5.29. The number of hydrogen-bond donors (Lipinski definition) is 0. The van der Waals surface area contributed by atoms with Crippen molar-refractivity contribution in [3.05, 3.63) is 35.0 Å². The van der Waals surface area contributed by atoms with E-state index in [0.29, 0.717) is 5.25 Å². The number of alkyl halides is 4. The summed E-state index contributed by atoms with van der Waals surface area (Å²) in [4.78, 5) is 14.2. The molecule has 1 aliphatic carbocycles. The van der Waals surface area contributed by atoms with Crippen LogP contribution in [0.5, 0.6) is 0 Å². The minimum atomic E-state index is -2.97. The van der Waals surface area contributed by atoms with Crippen LogP contribution < -0.4 is 0 Å². The fourth-order valence-corrected chi connectivity index (χ4v) is 5.20. The largest absolute Gasteiger partial charge is 0.415 e. The highest BCUT2D eigenvalue weighted by Crippen LogP contribution is 2.44. The number of halogens is 5. The predicted molar refractivity (Wildman–Crippen MR) is 100 cm³/mol. The number of nitrogens with zero attached hydrogens (tertiary/aromatic N) is 4. The zero-order valence-electron chi connectivity index (χ0n) is 16.0. The third kappa shape index (κ3) is 4.02. The van der Waals surface area contributed by atoms with Gasteiger partial charge in [-0.15, -0.1) is 10.2 Å². The second kappa shape index (κ2) is 7.44. The third-order valence-electron chi connectivity index (χ3n) is 5.51. The van der Waals surface area contributed by atoms with E-state index in [2.05, 4.69) is 10.2 Å². The van der Waals surface area contributed by atoms with Crippen LogP contribution in [0.4, 0.5) is 22.0 Å². The molecule has 0 spiro atoms. The van der Waals surface area contributed by atoms with Gasteiger partial charge in [-0.25, -0.2) is 17.5 Å². The average molecular weight is 460 g/mol. The van der Waals surface area contributed by atoms with Gasteiger partial charge in [0.05, 0.1) is 6.54 Å². The summed E-state index contributed by atoms with van der Waals surface area (Å²) in [5, 5.41) is 7.03. The second-order valence-corrected chi connectivity index (χ2v) is 9.36. The smallest absolute Gasteiger partial charge is 0.314 e. The second-order valence-electron chi connectivity index (χ2n) is 8.01. The summed E-state index contributed by atoms with van der Waals surface area (Å²) < 4.78 is 74.6. The Bertz CT molecular complexity index is 1030. The topological polar surface area (TPSA) is 62.5 Å². The van der Waals surface area contributed by atoms with Crippen molar-refractivity contribution in [3.63, 3.8) is 0 Å². The molecule has 1 saturated carbocycles. The molecule has 1 amide bonds. The van der Waals surface area contributed by atoms with Crippen LogP contribution in [0.25, 0.3) is 11.5 Å². The Morgan fingerprint density at radius 2 is 2.03 bits per heavy atom. The molecule has 0 unspecified atom stereocenters. The number of carbonyl (C=O) groups is 1. The lowest BCUT2D eigenvalue weighted by atomic mass is 10.1. The Balaban J connectivity index is 1.36. The minimum absolute atomic E-state index is 0.00386. The van der Waals surface area contributed by atoms with Gasteiger partial charge in [0.15, 0.2) is 0 Å². The molecule has 6 nitrogen and oxygen atoms in total. The molecule has 1 saturated heterocycles. The molecular formula is C19H17F5N4O2S. The lowest BCUT2D eigenvalue weighted by Gasteiger charge is -2.26. The van der Waals surface area contributed by atoms with Crippen LogP contribution in [0.1, 0.15) is 47.5 Å². The Labute approximate surface area is 177 Å². The zero-order valence-corrected chi connectivity index (χ0v) is 16.8. The fourth-order valence-electron chi connectivity index (χ4n) is 3.90. The molecule has 31 heavy (non-hydrogen) atoms. The first-order valence-electron chi connectivity index (χ1n) is 9.75.